The smallest absolute Gasteiger partial charge is 0.154 e. The van der Waals surface area contributed by atoms with Gasteiger partial charge in [0.25, 0.3) is 0 Å². The van der Waals surface area contributed by atoms with Gasteiger partial charge in [-0.1, -0.05) is 6.92 Å². The molecule has 0 spiro atoms. The van der Waals surface area contributed by atoms with Crippen LogP contribution in [-0.4, -0.2) is 54.9 Å². The third-order valence-corrected chi connectivity index (χ3v) is 4.46. The second-order valence-electron chi connectivity index (χ2n) is 4.03. The Kier molecular flexibility index (Phi) is 4.51. The molecule has 6 heteroatoms. The van der Waals surface area contributed by atoms with E-state index in [1.165, 1.54) is 0 Å². The van der Waals surface area contributed by atoms with Crippen LogP contribution in [0.5, 0.6) is 0 Å². The van der Waals surface area contributed by atoms with Gasteiger partial charge in [-0.3, -0.25) is 0 Å². The van der Waals surface area contributed by atoms with Crippen molar-refractivity contribution in [1.82, 2.24) is 5.32 Å². The van der Waals surface area contributed by atoms with Crippen molar-refractivity contribution >= 4 is 9.84 Å². The molecule has 0 aromatic rings. The molecule has 3 unspecified atom stereocenters. The van der Waals surface area contributed by atoms with Gasteiger partial charge in [-0.2, -0.15) is 0 Å². The van der Waals surface area contributed by atoms with E-state index in [0.29, 0.717) is 6.42 Å². The summed E-state index contributed by atoms with van der Waals surface area (Å²) in [5.41, 5.74) is 0. The summed E-state index contributed by atoms with van der Waals surface area (Å²) in [6, 6.07) is -0.311. The second kappa shape index (κ2) is 5.25. The molecule has 0 saturated carbocycles. The minimum absolute atomic E-state index is 0.00387. The molecule has 0 radical (unpaired) electrons. The Labute approximate surface area is 90.4 Å². The maximum atomic E-state index is 11.2. The minimum atomic E-state index is -3.09. The average molecular weight is 237 g/mol. The highest BCUT2D eigenvalue weighted by Gasteiger charge is 2.36. The van der Waals surface area contributed by atoms with Crippen molar-refractivity contribution in [1.29, 1.82) is 0 Å². The quantitative estimate of drug-likeness (QED) is 0.565. The molecule has 0 aliphatic carbocycles. The summed E-state index contributed by atoms with van der Waals surface area (Å²) in [4.78, 5) is 0. The summed E-state index contributed by atoms with van der Waals surface area (Å²) < 4.78 is 22.5. The van der Waals surface area contributed by atoms with Crippen LogP contribution in [0.4, 0.5) is 0 Å². The first-order chi connectivity index (χ1) is 6.98. The Morgan fingerprint density at radius 3 is 2.53 bits per heavy atom. The van der Waals surface area contributed by atoms with Crippen molar-refractivity contribution < 1.29 is 18.6 Å². The van der Waals surface area contributed by atoms with Gasteiger partial charge >= 0.3 is 0 Å². The van der Waals surface area contributed by atoms with Gasteiger partial charge in [0.15, 0.2) is 9.84 Å². The second-order valence-corrected chi connectivity index (χ2v) is 6.19. The zero-order valence-corrected chi connectivity index (χ0v) is 9.70. The summed E-state index contributed by atoms with van der Waals surface area (Å²) in [6.45, 7) is 2.03. The molecule has 1 heterocycles. The first-order valence-corrected chi connectivity index (χ1v) is 7.06. The van der Waals surface area contributed by atoms with Gasteiger partial charge in [0.2, 0.25) is 0 Å². The number of hydrogen-bond donors (Lipinski definition) is 3. The highest BCUT2D eigenvalue weighted by atomic mass is 32.2. The zero-order valence-electron chi connectivity index (χ0n) is 8.89. The van der Waals surface area contributed by atoms with E-state index in [-0.39, 0.29) is 30.2 Å². The molecule has 0 aromatic heterocycles. The Balaban J connectivity index is 2.51. The zero-order chi connectivity index (χ0) is 11.5. The van der Waals surface area contributed by atoms with Crippen LogP contribution in [0.15, 0.2) is 0 Å². The van der Waals surface area contributed by atoms with E-state index < -0.39 is 15.9 Å². The van der Waals surface area contributed by atoms with Gasteiger partial charge in [-0.15, -0.1) is 0 Å². The van der Waals surface area contributed by atoms with E-state index in [1.807, 2.05) is 6.92 Å². The van der Waals surface area contributed by atoms with E-state index in [9.17, 15) is 13.5 Å². The molecule has 1 aliphatic heterocycles. The lowest BCUT2D eigenvalue weighted by atomic mass is 10.1. The molecule has 1 rings (SSSR count). The van der Waals surface area contributed by atoms with Crippen molar-refractivity contribution in [2.45, 2.75) is 38.0 Å². The number of aliphatic hydroxyl groups is 2. The Hall–Kier alpha value is -0.170. The fourth-order valence-electron chi connectivity index (χ4n) is 1.85. The van der Waals surface area contributed by atoms with Crippen molar-refractivity contribution in [3.8, 4) is 0 Å². The van der Waals surface area contributed by atoms with E-state index >= 15 is 0 Å². The molecule has 1 saturated heterocycles. The van der Waals surface area contributed by atoms with Gasteiger partial charge < -0.3 is 15.5 Å². The van der Waals surface area contributed by atoms with Gasteiger partial charge in [0, 0.05) is 18.7 Å². The molecular weight excluding hydrogens is 218 g/mol. The van der Waals surface area contributed by atoms with Crippen molar-refractivity contribution in [2.75, 3.05) is 18.1 Å². The van der Waals surface area contributed by atoms with Crippen LogP contribution in [0.25, 0.3) is 0 Å². The standard InChI is InChI=1S/C9H19NO4S/c1-2-7(3-4-11)10-8-5-15(13,14)6-9(8)12/h7-12H,2-6H2,1H3. The SMILES string of the molecule is CCC(CCO)NC1CS(=O)(=O)CC1O. The maximum Gasteiger partial charge on any atom is 0.154 e. The lowest BCUT2D eigenvalue weighted by molar-refractivity contribution is 0.153. The molecule has 0 bridgehead atoms. The fraction of sp³-hybridized carbons (Fsp3) is 1.00. The predicted octanol–water partition coefficient (Wildman–Crippen LogP) is -1.11. The Bertz CT molecular complexity index is 290. The Morgan fingerprint density at radius 1 is 1.47 bits per heavy atom. The molecule has 15 heavy (non-hydrogen) atoms. The van der Waals surface area contributed by atoms with Crippen LogP contribution in [0.2, 0.25) is 0 Å². The lowest BCUT2D eigenvalue weighted by Gasteiger charge is -2.22. The number of nitrogens with one attached hydrogen (secondary N) is 1. The topological polar surface area (TPSA) is 86.6 Å². The van der Waals surface area contributed by atoms with Crippen LogP contribution >= 0.6 is 0 Å². The van der Waals surface area contributed by atoms with Crippen molar-refractivity contribution in [3.05, 3.63) is 0 Å². The van der Waals surface area contributed by atoms with Gasteiger partial charge in [-0.05, 0) is 12.8 Å². The Morgan fingerprint density at radius 2 is 2.13 bits per heavy atom. The third kappa shape index (κ3) is 3.71. The lowest BCUT2D eigenvalue weighted by Crippen LogP contribution is -2.45. The number of hydrogen-bond acceptors (Lipinski definition) is 5. The fourth-order valence-corrected chi connectivity index (χ4v) is 3.61. The normalized spacial score (nSPS) is 31.7. The molecule has 1 fully saturated rings. The number of rotatable bonds is 5. The van der Waals surface area contributed by atoms with E-state index in [4.69, 9.17) is 5.11 Å². The van der Waals surface area contributed by atoms with Crippen LogP contribution in [-0.2, 0) is 9.84 Å². The van der Waals surface area contributed by atoms with Crippen LogP contribution in [0.3, 0.4) is 0 Å². The highest BCUT2D eigenvalue weighted by Crippen LogP contribution is 2.14. The monoisotopic (exact) mass is 237 g/mol. The molecular formula is C9H19NO4S. The summed E-state index contributed by atoms with van der Waals surface area (Å²) in [6.07, 6.45) is 0.576. The molecule has 1 aliphatic rings. The number of aliphatic hydroxyl groups excluding tert-OH is 2. The van der Waals surface area contributed by atoms with Gasteiger partial charge in [-0.25, -0.2) is 8.42 Å². The number of sulfone groups is 1. The molecule has 0 aromatic carbocycles. The average Bonchev–Trinajstić information content (AvgIpc) is 2.39. The van der Waals surface area contributed by atoms with E-state index in [0.717, 1.165) is 6.42 Å². The molecule has 5 nitrogen and oxygen atoms in total. The molecule has 90 valence electrons. The van der Waals surface area contributed by atoms with Gasteiger partial charge in [0.1, 0.15) is 0 Å². The first-order valence-electron chi connectivity index (χ1n) is 5.24. The van der Waals surface area contributed by atoms with Crippen molar-refractivity contribution in [3.63, 3.8) is 0 Å². The first kappa shape index (κ1) is 12.9. The molecule has 3 atom stereocenters. The third-order valence-electron chi connectivity index (χ3n) is 2.74. The van der Waals surface area contributed by atoms with Crippen LogP contribution in [0.1, 0.15) is 19.8 Å². The molecule has 0 amide bonds. The summed E-state index contributed by atoms with van der Waals surface area (Å²) in [5.74, 6) is -0.156. The highest BCUT2D eigenvalue weighted by molar-refractivity contribution is 7.91. The summed E-state index contributed by atoms with van der Waals surface area (Å²) in [7, 11) is -3.09. The van der Waals surface area contributed by atoms with Gasteiger partial charge in [0.05, 0.1) is 17.6 Å². The van der Waals surface area contributed by atoms with E-state index in [1.54, 1.807) is 0 Å². The minimum Gasteiger partial charge on any atom is -0.396 e. The molecule has 3 N–H and O–H groups in total. The van der Waals surface area contributed by atoms with Crippen LogP contribution < -0.4 is 5.32 Å². The maximum absolute atomic E-state index is 11.2. The van der Waals surface area contributed by atoms with Crippen molar-refractivity contribution in [2.24, 2.45) is 0 Å². The summed E-state index contributed by atoms with van der Waals surface area (Å²) >= 11 is 0. The predicted molar refractivity (Wildman–Crippen MR) is 57.4 cm³/mol. The largest absolute Gasteiger partial charge is 0.396 e. The van der Waals surface area contributed by atoms with Crippen LogP contribution in [0, 0.1) is 0 Å². The van der Waals surface area contributed by atoms with E-state index in [2.05, 4.69) is 5.32 Å². The summed E-state index contributed by atoms with van der Waals surface area (Å²) in [5, 5.41) is 21.4.